The summed E-state index contributed by atoms with van der Waals surface area (Å²) in [5.74, 6) is -1.62. The molecule has 48 heavy (non-hydrogen) atoms. The van der Waals surface area contributed by atoms with Gasteiger partial charge in [-0.1, -0.05) is 36.4 Å². The second-order valence-electron chi connectivity index (χ2n) is 12.9. The molecule has 3 aromatic rings. The molecule has 15 heteroatoms. The van der Waals surface area contributed by atoms with Crippen LogP contribution in [0.1, 0.15) is 60.6 Å². The Labute approximate surface area is 275 Å². The van der Waals surface area contributed by atoms with Gasteiger partial charge in [-0.2, -0.15) is 8.78 Å². The van der Waals surface area contributed by atoms with Gasteiger partial charge in [-0.3, -0.25) is 23.7 Å². The van der Waals surface area contributed by atoms with E-state index in [9.17, 15) is 32.5 Å². The van der Waals surface area contributed by atoms with Gasteiger partial charge in [0.05, 0.1) is 0 Å². The second-order valence-corrected chi connectivity index (χ2v) is 14.5. The van der Waals surface area contributed by atoms with Crippen molar-refractivity contribution in [2.45, 2.75) is 75.3 Å². The van der Waals surface area contributed by atoms with Gasteiger partial charge in [-0.15, -0.1) is 0 Å². The summed E-state index contributed by atoms with van der Waals surface area (Å²) in [4.78, 5) is 80.4. The number of carbonyl (C=O) groups is 4. The molecule has 3 fully saturated rings. The van der Waals surface area contributed by atoms with Crippen LogP contribution in [0.25, 0.3) is 10.9 Å². The van der Waals surface area contributed by atoms with E-state index < -0.39 is 42.7 Å². The molecule has 4 amide bonds. The maximum atomic E-state index is 14.3. The van der Waals surface area contributed by atoms with Crippen molar-refractivity contribution in [3.8, 4) is 0 Å². The largest absolute Gasteiger partial charge is 0.399 e. The van der Waals surface area contributed by atoms with Gasteiger partial charge in [0.25, 0.3) is 5.91 Å². The Balaban J connectivity index is 1.24. The van der Waals surface area contributed by atoms with Crippen LogP contribution >= 0.6 is 7.60 Å². The zero-order valence-corrected chi connectivity index (χ0v) is 27.2. The van der Waals surface area contributed by atoms with Crippen LogP contribution in [0.15, 0.2) is 54.6 Å². The van der Waals surface area contributed by atoms with Gasteiger partial charge in [-0.25, -0.2) is 0 Å². The molecular weight excluding hydrogens is 647 g/mol. The third-order valence-electron chi connectivity index (χ3n) is 9.78. The van der Waals surface area contributed by atoms with Crippen molar-refractivity contribution in [1.29, 1.82) is 0 Å². The number of halogens is 2. The molecule has 4 N–H and O–H groups in total. The first-order valence-electron chi connectivity index (χ1n) is 16.0. The lowest BCUT2D eigenvalue weighted by Crippen LogP contribution is -2.61. The van der Waals surface area contributed by atoms with Crippen molar-refractivity contribution >= 4 is 42.1 Å². The number of amides is 4. The van der Waals surface area contributed by atoms with Crippen molar-refractivity contribution in [2.24, 2.45) is 0 Å². The van der Waals surface area contributed by atoms with Gasteiger partial charge < -0.3 is 34.8 Å². The summed E-state index contributed by atoms with van der Waals surface area (Å²) in [5, 5.41) is 2.80. The van der Waals surface area contributed by atoms with Gasteiger partial charge in [0.1, 0.15) is 17.8 Å². The maximum Gasteiger partial charge on any atom is 0.399 e. The number of hydrogen-bond acceptors (Lipinski definition) is 5. The fourth-order valence-corrected chi connectivity index (χ4v) is 7.75. The predicted molar refractivity (Wildman–Crippen MR) is 171 cm³/mol. The third kappa shape index (κ3) is 6.48. The summed E-state index contributed by atoms with van der Waals surface area (Å²) in [6, 6.07) is 11.9. The fraction of sp³-hybridized carbons (Fsp3) is 0.455. The molecule has 256 valence electrons. The molecule has 0 bridgehead atoms. The zero-order chi connectivity index (χ0) is 34.4. The Hall–Kier alpha value is -4.13. The van der Waals surface area contributed by atoms with E-state index in [1.807, 2.05) is 35.2 Å². The van der Waals surface area contributed by atoms with E-state index in [-0.39, 0.29) is 47.0 Å². The van der Waals surface area contributed by atoms with Crippen LogP contribution in [0.2, 0.25) is 0 Å². The number of aromatic amines is 1. The number of hydrogen-bond donors (Lipinski definition) is 4. The Morgan fingerprint density at radius 1 is 1.02 bits per heavy atom. The summed E-state index contributed by atoms with van der Waals surface area (Å²) in [7, 11) is -5.81. The Morgan fingerprint density at radius 2 is 1.77 bits per heavy atom. The maximum absolute atomic E-state index is 14.3. The minimum absolute atomic E-state index is 0.0108. The van der Waals surface area contributed by atoms with Gasteiger partial charge in [0.15, 0.2) is 0 Å². The molecule has 1 aromatic heterocycles. The average molecular weight is 686 g/mol. The van der Waals surface area contributed by atoms with E-state index in [0.717, 1.165) is 30.5 Å². The molecule has 2 aromatic carbocycles. The molecule has 1 unspecified atom stereocenters. The van der Waals surface area contributed by atoms with Crippen LogP contribution in [0.4, 0.5) is 8.78 Å². The molecule has 6 rings (SSSR count). The molecule has 4 atom stereocenters. The molecule has 3 aliphatic rings. The summed E-state index contributed by atoms with van der Waals surface area (Å²) in [5.41, 5.74) is -4.05. The van der Waals surface area contributed by atoms with E-state index in [2.05, 4.69) is 10.3 Å². The van der Waals surface area contributed by atoms with Gasteiger partial charge in [0.2, 0.25) is 17.7 Å². The average Bonchev–Trinajstić information content (AvgIpc) is 3.79. The van der Waals surface area contributed by atoms with Crippen molar-refractivity contribution in [2.75, 3.05) is 19.6 Å². The SMILES string of the molecule is CC(=O)N1CC[C@H]2CC[C@@H](C(=O)N3CCC[C@H]3Cc3ccccc3)N2C(=O)C(NC(=O)c2cc3cc(C(F)(F)P(=O)(O)O)ccc3[nH]2)C1. The number of fused-ring (bicyclic) bond motifs is 2. The van der Waals surface area contributed by atoms with Crippen LogP contribution in [0.5, 0.6) is 0 Å². The summed E-state index contributed by atoms with van der Waals surface area (Å²) in [6.45, 7) is 2.19. The summed E-state index contributed by atoms with van der Waals surface area (Å²) >= 11 is 0. The highest BCUT2D eigenvalue weighted by Crippen LogP contribution is 2.59. The first-order chi connectivity index (χ1) is 22.7. The van der Waals surface area contributed by atoms with Crippen LogP contribution in [-0.2, 0) is 31.0 Å². The van der Waals surface area contributed by atoms with E-state index >= 15 is 0 Å². The smallest absolute Gasteiger partial charge is 0.351 e. The van der Waals surface area contributed by atoms with E-state index in [1.165, 1.54) is 24.0 Å². The number of carbonyl (C=O) groups excluding carboxylic acids is 4. The van der Waals surface area contributed by atoms with E-state index in [4.69, 9.17) is 9.79 Å². The lowest BCUT2D eigenvalue weighted by atomic mass is 10.0. The quantitative estimate of drug-likeness (QED) is 0.277. The monoisotopic (exact) mass is 685 g/mol. The third-order valence-corrected chi connectivity index (χ3v) is 10.8. The zero-order valence-electron chi connectivity index (χ0n) is 26.3. The van der Waals surface area contributed by atoms with Crippen molar-refractivity contribution in [1.82, 2.24) is 25.0 Å². The number of H-pyrrole nitrogens is 1. The molecule has 4 heterocycles. The number of alkyl halides is 2. The highest BCUT2D eigenvalue weighted by Gasteiger charge is 2.51. The van der Waals surface area contributed by atoms with E-state index in [0.29, 0.717) is 38.8 Å². The highest BCUT2D eigenvalue weighted by molar-refractivity contribution is 7.52. The minimum Gasteiger partial charge on any atom is -0.351 e. The molecule has 0 saturated carbocycles. The van der Waals surface area contributed by atoms with Crippen LogP contribution in [0, 0.1) is 0 Å². The minimum atomic E-state index is -5.81. The molecule has 0 radical (unpaired) electrons. The molecule has 12 nitrogen and oxygen atoms in total. The topological polar surface area (TPSA) is 163 Å². The summed E-state index contributed by atoms with van der Waals surface area (Å²) in [6.07, 6.45) is 3.98. The Bertz CT molecular complexity index is 1780. The number of aromatic nitrogens is 1. The molecule has 3 aliphatic heterocycles. The lowest BCUT2D eigenvalue weighted by Gasteiger charge is -2.39. The van der Waals surface area contributed by atoms with Crippen molar-refractivity contribution < 1.29 is 42.3 Å². The van der Waals surface area contributed by atoms with Crippen molar-refractivity contribution in [3.63, 3.8) is 0 Å². The van der Waals surface area contributed by atoms with Crippen LogP contribution < -0.4 is 5.32 Å². The molecule has 3 saturated heterocycles. The van der Waals surface area contributed by atoms with Crippen molar-refractivity contribution in [3.05, 3.63) is 71.4 Å². The normalized spacial score (nSPS) is 23.6. The first kappa shape index (κ1) is 33.8. The second kappa shape index (κ2) is 13.1. The molecular formula is C33H38F2N5O7P. The predicted octanol–water partition coefficient (Wildman–Crippen LogP) is 3.34. The number of likely N-dealkylation sites (tertiary alicyclic amines) is 1. The highest BCUT2D eigenvalue weighted by atomic mass is 31.2. The van der Waals surface area contributed by atoms with Crippen LogP contribution in [-0.4, -0.2) is 96.9 Å². The molecule has 0 spiro atoms. The number of benzene rings is 2. The Morgan fingerprint density at radius 3 is 2.48 bits per heavy atom. The van der Waals surface area contributed by atoms with E-state index in [1.54, 1.807) is 4.90 Å². The lowest BCUT2D eigenvalue weighted by molar-refractivity contribution is -0.149. The summed E-state index contributed by atoms with van der Waals surface area (Å²) < 4.78 is 40.1. The first-order valence-corrected chi connectivity index (χ1v) is 17.7. The fourth-order valence-electron chi connectivity index (χ4n) is 7.27. The van der Waals surface area contributed by atoms with Crippen LogP contribution in [0.3, 0.4) is 0 Å². The van der Waals surface area contributed by atoms with Gasteiger partial charge in [0, 0.05) is 55.1 Å². The Kier molecular flexibility index (Phi) is 9.18. The molecule has 0 aliphatic carbocycles. The number of rotatable bonds is 7. The number of nitrogens with zero attached hydrogens (tertiary/aromatic N) is 3. The van der Waals surface area contributed by atoms with Gasteiger partial charge >= 0.3 is 13.3 Å². The standard InChI is InChI=1S/C33H38F2N5O7P/c1-20(41)38-15-13-24-10-12-29(32(44)39-14-5-8-25(39)16-21-6-3-2-4-7-21)40(24)31(43)28(19-38)37-30(42)27-18-22-17-23(9-11-26(22)36-27)33(34,35)48(45,46)47/h2-4,6-7,9,11,17-18,24-25,28-29,36H,5,8,10,12-16,19H2,1H3,(H,37,42)(H2,45,46,47)/t24-,25+,28?,29+/m1/s1. The number of nitrogens with one attached hydrogen (secondary N) is 2. The van der Waals surface area contributed by atoms with Gasteiger partial charge in [-0.05, 0) is 62.3 Å².